The number of rotatable bonds is 5. The van der Waals surface area contributed by atoms with Gasteiger partial charge in [0, 0.05) is 56.4 Å². The molecule has 1 saturated heterocycles. The monoisotopic (exact) mass is 375 g/mol. The highest BCUT2D eigenvalue weighted by Gasteiger charge is 2.22. The van der Waals surface area contributed by atoms with E-state index in [1.807, 2.05) is 70.4 Å². The van der Waals surface area contributed by atoms with Gasteiger partial charge in [0.25, 0.3) is 5.91 Å². The highest BCUT2D eigenvalue weighted by atomic mass is 16.5. The molecule has 5 nitrogen and oxygen atoms in total. The largest absolute Gasteiger partial charge is 0.497 e. The Morgan fingerprint density at radius 1 is 0.893 bits per heavy atom. The van der Waals surface area contributed by atoms with Gasteiger partial charge in [-0.25, -0.2) is 0 Å². The summed E-state index contributed by atoms with van der Waals surface area (Å²) in [5.74, 6) is 0.991. The minimum absolute atomic E-state index is 0.114. The van der Waals surface area contributed by atoms with Gasteiger partial charge in [0.1, 0.15) is 5.75 Å². The SMILES string of the molecule is COc1ccc(CN2CCN(C(=O)c3ccc(-n4cccc4)cc3)CC2)cc1. The lowest BCUT2D eigenvalue weighted by atomic mass is 10.1. The lowest BCUT2D eigenvalue weighted by Crippen LogP contribution is -2.48. The second-order valence-electron chi connectivity index (χ2n) is 7.05. The summed E-state index contributed by atoms with van der Waals surface area (Å²) in [6, 6.07) is 20.0. The van der Waals surface area contributed by atoms with Crippen LogP contribution in [-0.4, -0.2) is 53.6 Å². The van der Waals surface area contributed by atoms with E-state index in [9.17, 15) is 4.79 Å². The van der Waals surface area contributed by atoms with Crippen molar-refractivity contribution in [2.45, 2.75) is 6.54 Å². The van der Waals surface area contributed by atoms with Gasteiger partial charge >= 0.3 is 0 Å². The maximum atomic E-state index is 12.8. The summed E-state index contributed by atoms with van der Waals surface area (Å²) in [7, 11) is 1.68. The molecule has 28 heavy (non-hydrogen) atoms. The van der Waals surface area contributed by atoms with Crippen molar-refractivity contribution in [1.29, 1.82) is 0 Å². The van der Waals surface area contributed by atoms with Crippen molar-refractivity contribution in [1.82, 2.24) is 14.4 Å². The van der Waals surface area contributed by atoms with E-state index in [2.05, 4.69) is 17.0 Å². The summed E-state index contributed by atoms with van der Waals surface area (Å²) < 4.78 is 7.24. The first kappa shape index (κ1) is 18.3. The highest BCUT2D eigenvalue weighted by molar-refractivity contribution is 5.94. The van der Waals surface area contributed by atoms with Crippen molar-refractivity contribution in [3.8, 4) is 11.4 Å². The van der Waals surface area contributed by atoms with Crippen LogP contribution in [0.15, 0.2) is 73.1 Å². The molecule has 0 unspecified atom stereocenters. The topological polar surface area (TPSA) is 37.7 Å². The Hall–Kier alpha value is -3.05. The molecule has 0 radical (unpaired) electrons. The Balaban J connectivity index is 1.32. The van der Waals surface area contributed by atoms with Gasteiger partial charge in [-0.2, -0.15) is 0 Å². The van der Waals surface area contributed by atoms with E-state index in [0.29, 0.717) is 0 Å². The molecule has 1 aliphatic heterocycles. The number of amides is 1. The normalized spacial score (nSPS) is 14.8. The van der Waals surface area contributed by atoms with Gasteiger partial charge in [0.2, 0.25) is 0 Å². The fourth-order valence-electron chi connectivity index (χ4n) is 3.56. The third-order valence-corrected chi connectivity index (χ3v) is 5.24. The van der Waals surface area contributed by atoms with Crippen LogP contribution in [0.5, 0.6) is 5.75 Å². The van der Waals surface area contributed by atoms with Gasteiger partial charge in [0.05, 0.1) is 7.11 Å². The van der Waals surface area contributed by atoms with E-state index in [1.165, 1.54) is 5.56 Å². The summed E-state index contributed by atoms with van der Waals surface area (Å²) in [6.07, 6.45) is 4.00. The van der Waals surface area contributed by atoms with Crippen LogP contribution in [0.3, 0.4) is 0 Å². The number of hydrogen-bond acceptors (Lipinski definition) is 3. The smallest absolute Gasteiger partial charge is 0.253 e. The van der Waals surface area contributed by atoms with E-state index in [-0.39, 0.29) is 5.91 Å². The lowest BCUT2D eigenvalue weighted by molar-refractivity contribution is 0.0628. The summed E-state index contributed by atoms with van der Waals surface area (Å²) in [5.41, 5.74) is 3.08. The first-order valence-corrected chi connectivity index (χ1v) is 9.61. The predicted octanol–water partition coefficient (Wildman–Crippen LogP) is 3.44. The van der Waals surface area contributed by atoms with Crippen LogP contribution in [-0.2, 0) is 6.54 Å². The van der Waals surface area contributed by atoms with E-state index >= 15 is 0 Å². The molecule has 2 heterocycles. The molecule has 4 rings (SSSR count). The maximum absolute atomic E-state index is 12.8. The Morgan fingerprint density at radius 2 is 1.54 bits per heavy atom. The quantitative estimate of drug-likeness (QED) is 0.686. The fraction of sp³-hybridized carbons (Fsp3) is 0.261. The van der Waals surface area contributed by atoms with Crippen LogP contribution < -0.4 is 4.74 Å². The second kappa shape index (κ2) is 8.31. The van der Waals surface area contributed by atoms with Gasteiger partial charge < -0.3 is 14.2 Å². The average molecular weight is 375 g/mol. The van der Waals surface area contributed by atoms with Crippen LogP contribution >= 0.6 is 0 Å². The Labute approximate surface area is 165 Å². The molecular formula is C23H25N3O2. The van der Waals surface area contributed by atoms with Gasteiger partial charge in [-0.15, -0.1) is 0 Å². The fourth-order valence-corrected chi connectivity index (χ4v) is 3.56. The average Bonchev–Trinajstić information content (AvgIpc) is 3.29. The van der Waals surface area contributed by atoms with Crippen molar-refractivity contribution < 1.29 is 9.53 Å². The van der Waals surface area contributed by atoms with Crippen LogP contribution in [0.25, 0.3) is 5.69 Å². The molecule has 0 atom stereocenters. The molecule has 1 fully saturated rings. The number of hydrogen-bond donors (Lipinski definition) is 0. The van der Waals surface area contributed by atoms with Crippen LogP contribution in [0.1, 0.15) is 15.9 Å². The summed E-state index contributed by atoms with van der Waals surface area (Å²) in [4.78, 5) is 17.2. The van der Waals surface area contributed by atoms with Crippen molar-refractivity contribution in [2.24, 2.45) is 0 Å². The number of benzene rings is 2. The first-order valence-electron chi connectivity index (χ1n) is 9.61. The van der Waals surface area contributed by atoms with Crippen molar-refractivity contribution in [3.63, 3.8) is 0 Å². The molecule has 2 aromatic carbocycles. The number of piperazine rings is 1. The van der Waals surface area contributed by atoms with Crippen molar-refractivity contribution in [2.75, 3.05) is 33.3 Å². The van der Waals surface area contributed by atoms with Gasteiger partial charge in [-0.1, -0.05) is 12.1 Å². The number of nitrogens with zero attached hydrogens (tertiary/aromatic N) is 3. The molecule has 3 aromatic rings. The maximum Gasteiger partial charge on any atom is 0.253 e. The van der Waals surface area contributed by atoms with E-state index in [0.717, 1.165) is 49.7 Å². The molecule has 0 N–H and O–H groups in total. The standard InChI is InChI=1S/C23H25N3O2/c1-28-22-10-4-19(5-11-22)18-24-14-16-26(17-15-24)23(27)20-6-8-21(9-7-20)25-12-2-3-13-25/h2-13H,14-18H2,1H3. The van der Waals surface area contributed by atoms with Gasteiger partial charge in [-0.05, 0) is 54.1 Å². The zero-order valence-corrected chi connectivity index (χ0v) is 16.1. The molecule has 5 heteroatoms. The van der Waals surface area contributed by atoms with Crippen LogP contribution in [0.4, 0.5) is 0 Å². The summed E-state index contributed by atoms with van der Waals surface area (Å²) >= 11 is 0. The third kappa shape index (κ3) is 4.10. The van der Waals surface area contributed by atoms with E-state index in [4.69, 9.17) is 4.74 Å². The minimum Gasteiger partial charge on any atom is -0.497 e. The number of carbonyl (C=O) groups is 1. The first-order chi connectivity index (χ1) is 13.7. The van der Waals surface area contributed by atoms with E-state index in [1.54, 1.807) is 7.11 Å². The Bertz CT molecular complexity index is 894. The molecule has 0 bridgehead atoms. The molecular weight excluding hydrogens is 350 g/mol. The zero-order chi connectivity index (χ0) is 19.3. The number of methoxy groups -OCH3 is 1. The highest BCUT2D eigenvalue weighted by Crippen LogP contribution is 2.16. The zero-order valence-electron chi connectivity index (χ0n) is 16.1. The molecule has 1 aliphatic rings. The predicted molar refractivity (Wildman–Crippen MR) is 110 cm³/mol. The number of carbonyl (C=O) groups excluding carboxylic acids is 1. The Kier molecular flexibility index (Phi) is 5.44. The van der Waals surface area contributed by atoms with Crippen LogP contribution in [0.2, 0.25) is 0 Å². The molecule has 1 aromatic heterocycles. The number of ether oxygens (including phenoxy) is 1. The Morgan fingerprint density at radius 3 is 2.14 bits per heavy atom. The van der Waals surface area contributed by atoms with E-state index < -0.39 is 0 Å². The molecule has 144 valence electrons. The molecule has 0 aliphatic carbocycles. The second-order valence-corrected chi connectivity index (χ2v) is 7.05. The van der Waals surface area contributed by atoms with Crippen molar-refractivity contribution in [3.05, 3.63) is 84.2 Å². The van der Waals surface area contributed by atoms with Gasteiger partial charge in [-0.3, -0.25) is 9.69 Å². The van der Waals surface area contributed by atoms with Gasteiger partial charge in [0.15, 0.2) is 0 Å². The summed E-state index contributed by atoms with van der Waals surface area (Å²) in [6.45, 7) is 4.19. The van der Waals surface area contributed by atoms with Crippen LogP contribution in [0, 0.1) is 0 Å². The molecule has 0 spiro atoms. The molecule has 1 amide bonds. The summed E-state index contributed by atoms with van der Waals surface area (Å²) in [5, 5.41) is 0. The number of aromatic nitrogens is 1. The molecule has 0 saturated carbocycles. The lowest BCUT2D eigenvalue weighted by Gasteiger charge is -2.34. The van der Waals surface area contributed by atoms with Crippen molar-refractivity contribution >= 4 is 5.91 Å². The third-order valence-electron chi connectivity index (χ3n) is 5.24. The minimum atomic E-state index is 0.114.